The molecule has 0 radical (unpaired) electrons. The number of phenols is 1. The monoisotopic (exact) mass is 194 g/mol. The van der Waals surface area contributed by atoms with Crippen molar-refractivity contribution in [3.63, 3.8) is 0 Å². The Morgan fingerprint density at radius 1 is 1.17 bits per heavy atom. The van der Waals surface area contributed by atoms with Crippen molar-refractivity contribution < 1.29 is 14.6 Å². The summed E-state index contributed by atoms with van der Waals surface area (Å²) in [6, 6.07) is 4.95. The molecular weight excluding hydrogens is 183 g/mol. The molecule has 4 heteroatoms. The van der Waals surface area contributed by atoms with Crippen molar-refractivity contribution in [3.05, 3.63) is 18.2 Å². The van der Waals surface area contributed by atoms with Gasteiger partial charge in [-0.05, 0) is 12.1 Å². The second-order valence-electron chi connectivity index (χ2n) is 2.01. The van der Waals surface area contributed by atoms with Gasteiger partial charge in [0.25, 0.3) is 0 Å². The Kier molecular flexibility index (Phi) is 5.95. The van der Waals surface area contributed by atoms with Gasteiger partial charge in [-0.2, -0.15) is 0 Å². The van der Waals surface area contributed by atoms with Crippen LogP contribution in [0.1, 0.15) is 0 Å². The summed E-state index contributed by atoms with van der Waals surface area (Å²) >= 11 is 0. The quantitative estimate of drug-likeness (QED) is 0.706. The zero-order valence-corrected chi connectivity index (χ0v) is 6.50. The number of benzene rings is 1. The Balaban J connectivity index is 0.00000121. The van der Waals surface area contributed by atoms with Gasteiger partial charge in [0, 0.05) is 0 Å². The van der Waals surface area contributed by atoms with Crippen LogP contribution in [0.15, 0.2) is 18.2 Å². The molecule has 12 heavy (non-hydrogen) atoms. The van der Waals surface area contributed by atoms with Crippen molar-refractivity contribution in [1.29, 1.82) is 0 Å². The van der Waals surface area contributed by atoms with Crippen molar-refractivity contribution >= 4 is 51.4 Å². The number of phenolic OH excluding ortho intramolecular Hbond substituents is 1. The van der Waals surface area contributed by atoms with Crippen LogP contribution in [0.3, 0.4) is 0 Å². The molecule has 0 atom stereocenters. The van der Waals surface area contributed by atoms with Crippen LogP contribution in [0, 0.1) is 0 Å². The number of para-hydroxylation sites is 1. The molecule has 0 aromatic heterocycles. The minimum atomic E-state index is 0. The topological polar surface area (TPSA) is 38.7 Å². The molecule has 0 saturated heterocycles. The number of ether oxygens (including phenoxy) is 2. The van der Waals surface area contributed by atoms with E-state index < -0.39 is 0 Å². The summed E-state index contributed by atoms with van der Waals surface area (Å²) in [5.41, 5.74) is 0. The first-order chi connectivity index (χ1) is 5.29. The van der Waals surface area contributed by atoms with Gasteiger partial charge in [-0.15, -0.1) is 0 Å². The van der Waals surface area contributed by atoms with Crippen LogP contribution < -0.4 is 9.47 Å². The number of hydrogen-bond donors (Lipinski definition) is 1. The number of methoxy groups -OCH3 is 2. The van der Waals surface area contributed by atoms with Gasteiger partial charge < -0.3 is 14.6 Å². The molecule has 0 fully saturated rings. The Hall–Kier alpha value is 0.256. The fourth-order valence-electron chi connectivity index (χ4n) is 0.870. The predicted molar refractivity (Wildman–Crippen MR) is 48.4 cm³/mol. The first-order valence-electron chi connectivity index (χ1n) is 3.19. The van der Waals surface area contributed by atoms with Crippen molar-refractivity contribution in [2.45, 2.75) is 0 Å². The van der Waals surface area contributed by atoms with E-state index in [1.165, 1.54) is 14.2 Å². The molecule has 0 amide bonds. The van der Waals surface area contributed by atoms with Crippen LogP contribution in [-0.2, 0) is 0 Å². The molecule has 0 unspecified atom stereocenters. The molecule has 0 bridgehead atoms. The molecule has 0 heterocycles. The molecule has 3 nitrogen and oxygen atoms in total. The minimum absolute atomic E-state index is 0. The Morgan fingerprint density at radius 2 is 1.83 bits per heavy atom. The average Bonchev–Trinajstić information content (AvgIpc) is 2.04. The molecule has 1 rings (SSSR count). The SMILES string of the molecule is COc1cccc(O)c1OC.[KH]. The van der Waals surface area contributed by atoms with Crippen molar-refractivity contribution in [1.82, 2.24) is 0 Å². The van der Waals surface area contributed by atoms with E-state index in [1.54, 1.807) is 18.2 Å². The van der Waals surface area contributed by atoms with Gasteiger partial charge in [0.05, 0.1) is 14.2 Å². The molecule has 0 aliphatic carbocycles. The summed E-state index contributed by atoms with van der Waals surface area (Å²) < 4.78 is 9.82. The summed E-state index contributed by atoms with van der Waals surface area (Å²) in [6.07, 6.45) is 0. The molecule has 1 aromatic rings. The van der Waals surface area contributed by atoms with Crippen LogP contribution >= 0.6 is 0 Å². The summed E-state index contributed by atoms with van der Waals surface area (Å²) in [7, 11) is 3.01. The molecular formula is C8H11KO3. The second kappa shape index (κ2) is 5.83. The van der Waals surface area contributed by atoms with E-state index in [2.05, 4.69) is 0 Å². The molecule has 0 aliphatic rings. The Bertz CT molecular complexity index is 250. The third kappa shape index (κ3) is 2.64. The van der Waals surface area contributed by atoms with Gasteiger partial charge in [0.2, 0.25) is 5.75 Å². The van der Waals surface area contributed by atoms with Gasteiger partial charge in [-0.3, -0.25) is 0 Å². The Labute approximate surface area is 114 Å². The molecule has 0 spiro atoms. The van der Waals surface area contributed by atoms with Crippen molar-refractivity contribution in [3.8, 4) is 17.2 Å². The maximum absolute atomic E-state index is 9.22. The average molecular weight is 194 g/mol. The van der Waals surface area contributed by atoms with E-state index in [1.807, 2.05) is 0 Å². The van der Waals surface area contributed by atoms with Crippen LogP contribution in [0.25, 0.3) is 0 Å². The third-order valence-corrected chi connectivity index (χ3v) is 1.38. The Morgan fingerprint density at radius 3 is 2.25 bits per heavy atom. The molecule has 0 saturated carbocycles. The van der Waals surface area contributed by atoms with E-state index in [9.17, 15) is 5.11 Å². The van der Waals surface area contributed by atoms with E-state index >= 15 is 0 Å². The summed E-state index contributed by atoms with van der Waals surface area (Å²) in [5.74, 6) is 0.995. The fraction of sp³-hybridized carbons (Fsp3) is 0.250. The standard InChI is InChI=1S/C8H10O3.K.H/c1-10-7-5-3-4-6(9)8(7)11-2;;/h3-5,9H,1-2H3;;. The summed E-state index contributed by atoms with van der Waals surface area (Å²) in [4.78, 5) is 0. The van der Waals surface area contributed by atoms with Crippen molar-refractivity contribution in [2.75, 3.05) is 14.2 Å². The zero-order chi connectivity index (χ0) is 8.27. The second-order valence-corrected chi connectivity index (χ2v) is 2.01. The van der Waals surface area contributed by atoms with Crippen LogP contribution in [-0.4, -0.2) is 70.7 Å². The van der Waals surface area contributed by atoms with Gasteiger partial charge in [0.1, 0.15) is 0 Å². The number of aromatic hydroxyl groups is 1. The van der Waals surface area contributed by atoms with Crippen LogP contribution in [0.2, 0.25) is 0 Å². The number of hydrogen-bond acceptors (Lipinski definition) is 3. The summed E-state index contributed by atoms with van der Waals surface area (Å²) in [5, 5.41) is 9.22. The normalized spacial score (nSPS) is 8.50. The van der Waals surface area contributed by atoms with Gasteiger partial charge in [-0.1, -0.05) is 6.07 Å². The van der Waals surface area contributed by atoms with Gasteiger partial charge in [0.15, 0.2) is 11.5 Å². The molecule has 1 N–H and O–H groups in total. The van der Waals surface area contributed by atoms with E-state index in [-0.39, 0.29) is 57.1 Å². The van der Waals surface area contributed by atoms with E-state index in [4.69, 9.17) is 9.47 Å². The van der Waals surface area contributed by atoms with Crippen LogP contribution in [0.4, 0.5) is 0 Å². The van der Waals surface area contributed by atoms with Gasteiger partial charge >= 0.3 is 51.4 Å². The first-order valence-corrected chi connectivity index (χ1v) is 3.19. The molecule has 1 aromatic carbocycles. The predicted octanol–water partition coefficient (Wildman–Crippen LogP) is 0.761. The first kappa shape index (κ1) is 12.3. The molecule has 0 aliphatic heterocycles. The molecule has 62 valence electrons. The fourth-order valence-corrected chi connectivity index (χ4v) is 0.870. The summed E-state index contributed by atoms with van der Waals surface area (Å²) in [6.45, 7) is 0. The van der Waals surface area contributed by atoms with Gasteiger partial charge in [-0.25, -0.2) is 0 Å². The van der Waals surface area contributed by atoms with E-state index in [0.29, 0.717) is 11.5 Å². The maximum atomic E-state index is 9.22. The van der Waals surface area contributed by atoms with E-state index in [0.717, 1.165) is 0 Å². The van der Waals surface area contributed by atoms with Crippen LogP contribution in [0.5, 0.6) is 17.2 Å². The number of rotatable bonds is 2. The third-order valence-electron chi connectivity index (χ3n) is 1.38. The zero-order valence-electron chi connectivity index (χ0n) is 6.50. The van der Waals surface area contributed by atoms with Crippen molar-refractivity contribution in [2.24, 2.45) is 0 Å².